The van der Waals surface area contributed by atoms with Gasteiger partial charge < -0.3 is 10.2 Å². The fourth-order valence-electron chi connectivity index (χ4n) is 1.33. The molecule has 0 saturated heterocycles. The number of nitrogens with two attached hydrogens (primary N) is 1. The molecule has 1 atom stereocenters. The summed E-state index contributed by atoms with van der Waals surface area (Å²) in [6.07, 6.45) is 7.28. The minimum Gasteiger partial charge on any atom is -0.472 e. The lowest BCUT2D eigenvalue weighted by Gasteiger charge is -2.06. The number of hydrogen-bond donors (Lipinski definition) is 1. The van der Waals surface area contributed by atoms with E-state index in [1.807, 2.05) is 6.07 Å². The topological polar surface area (TPSA) is 39.2 Å². The van der Waals surface area contributed by atoms with Crippen LogP contribution in [0.4, 0.5) is 0 Å². The zero-order chi connectivity index (χ0) is 7.68. The minimum absolute atomic E-state index is 0. The number of rotatable bonds is 3. The van der Waals surface area contributed by atoms with Crippen molar-refractivity contribution in [3.8, 4) is 0 Å². The predicted molar refractivity (Wildman–Crippen MR) is 50.2 cm³/mol. The van der Waals surface area contributed by atoms with Crippen molar-refractivity contribution >= 4 is 12.4 Å². The van der Waals surface area contributed by atoms with E-state index < -0.39 is 0 Å². The molecule has 1 saturated carbocycles. The molecule has 1 heterocycles. The smallest absolute Gasteiger partial charge is 0.0950 e. The molecular weight excluding hydrogens is 174 g/mol. The molecule has 0 bridgehead atoms. The lowest BCUT2D eigenvalue weighted by atomic mass is 10.1. The third kappa shape index (κ3) is 2.26. The van der Waals surface area contributed by atoms with E-state index in [9.17, 15) is 0 Å². The molecule has 2 nitrogen and oxygen atoms in total. The van der Waals surface area contributed by atoms with E-state index in [0.717, 1.165) is 17.9 Å². The molecule has 3 heteroatoms. The van der Waals surface area contributed by atoms with Crippen LogP contribution in [-0.2, 0) is 0 Å². The van der Waals surface area contributed by atoms with Crippen molar-refractivity contribution in [3.05, 3.63) is 24.2 Å². The van der Waals surface area contributed by atoms with Gasteiger partial charge in [0.15, 0.2) is 0 Å². The monoisotopic (exact) mass is 187 g/mol. The van der Waals surface area contributed by atoms with Crippen LogP contribution >= 0.6 is 12.4 Å². The first kappa shape index (κ1) is 9.62. The second-order valence-electron chi connectivity index (χ2n) is 3.34. The second-order valence-corrected chi connectivity index (χ2v) is 3.34. The van der Waals surface area contributed by atoms with Crippen LogP contribution in [0.5, 0.6) is 0 Å². The zero-order valence-electron chi connectivity index (χ0n) is 6.90. The minimum atomic E-state index is 0. The highest BCUT2D eigenvalue weighted by atomic mass is 35.5. The summed E-state index contributed by atoms with van der Waals surface area (Å²) < 4.78 is 4.96. The van der Waals surface area contributed by atoms with Crippen LogP contribution < -0.4 is 5.73 Å². The van der Waals surface area contributed by atoms with Crippen LogP contribution in [0.25, 0.3) is 0 Å². The molecule has 0 spiro atoms. The van der Waals surface area contributed by atoms with Crippen molar-refractivity contribution in [2.75, 3.05) is 0 Å². The van der Waals surface area contributed by atoms with Crippen molar-refractivity contribution < 1.29 is 4.42 Å². The molecular formula is C9H14ClNO. The molecule has 12 heavy (non-hydrogen) atoms. The van der Waals surface area contributed by atoms with Gasteiger partial charge in [0.25, 0.3) is 0 Å². The quantitative estimate of drug-likeness (QED) is 0.790. The summed E-state index contributed by atoms with van der Waals surface area (Å²) in [4.78, 5) is 0. The Morgan fingerprint density at radius 2 is 2.33 bits per heavy atom. The molecule has 2 N–H and O–H groups in total. The molecule has 0 aromatic carbocycles. The van der Waals surface area contributed by atoms with Crippen molar-refractivity contribution in [1.82, 2.24) is 0 Å². The van der Waals surface area contributed by atoms with Gasteiger partial charge in [0.05, 0.1) is 12.5 Å². The molecule has 1 aliphatic carbocycles. The number of halogens is 1. The summed E-state index contributed by atoms with van der Waals surface area (Å²) in [6, 6.07) is 2.15. The summed E-state index contributed by atoms with van der Waals surface area (Å²) in [6.45, 7) is 0. The second kappa shape index (κ2) is 3.97. The Morgan fingerprint density at radius 3 is 2.83 bits per heavy atom. The first-order chi connectivity index (χ1) is 5.36. The lowest BCUT2D eigenvalue weighted by Crippen LogP contribution is -2.09. The van der Waals surface area contributed by atoms with E-state index in [1.165, 1.54) is 12.8 Å². The fraction of sp³-hybridized carbons (Fsp3) is 0.556. The molecule has 1 fully saturated rings. The van der Waals surface area contributed by atoms with Gasteiger partial charge in [-0.25, -0.2) is 0 Å². The number of furan rings is 1. The lowest BCUT2D eigenvalue weighted by molar-refractivity contribution is 0.546. The van der Waals surface area contributed by atoms with Crippen molar-refractivity contribution in [2.24, 2.45) is 11.7 Å². The van der Waals surface area contributed by atoms with Crippen LogP contribution in [-0.4, -0.2) is 0 Å². The van der Waals surface area contributed by atoms with E-state index in [1.54, 1.807) is 12.5 Å². The van der Waals surface area contributed by atoms with Gasteiger partial charge in [0.2, 0.25) is 0 Å². The highest BCUT2D eigenvalue weighted by Gasteiger charge is 2.24. The van der Waals surface area contributed by atoms with Gasteiger partial charge in [0, 0.05) is 11.6 Å². The van der Waals surface area contributed by atoms with Gasteiger partial charge in [-0.05, 0) is 18.4 Å². The summed E-state index contributed by atoms with van der Waals surface area (Å²) in [5, 5.41) is 0. The van der Waals surface area contributed by atoms with Gasteiger partial charge in [-0.15, -0.1) is 12.4 Å². The Hall–Kier alpha value is -0.470. The van der Waals surface area contributed by atoms with Gasteiger partial charge >= 0.3 is 0 Å². The Balaban J connectivity index is 0.000000720. The van der Waals surface area contributed by atoms with E-state index >= 15 is 0 Å². The average Bonchev–Trinajstić information content (AvgIpc) is 2.67. The Bertz CT molecular complexity index is 218. The van der Waals surface area contributed by atoms with E-state index in [0.29, 0.717) is 0 Å². The summed E-state index contributed by atoms with van der Waals surface area (Å²) in [5.41, 5.74) is 7.06. The van der Waals surface area contributed by atoms with Gasteiger partial charge in [-0.2, -0.15) is 0 Å². The Kier molecular flexibility index (Phi) is 3.18. The predicted octanol–water partition coefficient (Wildman–Crippen LogP) is 2.50. The maximum absolute atomic E-state index is 5.92. The molecule has 1 aromatic rings. The maximum Gasteiger partial charge on any atom is 0.0950 e. The van der Waals surface area contributed by atoms with Crippen LogP contribution in [0.3, 0.4) is 0 Å². The summed E-state index contributed by atoms with van der Waals surface area (Å²) in [7, 11) is 0. The van der Waals surface area contributed by atoms with E-state index in [-0.39, 0.29) is 18.4 Å². The van der Waals surface area contributed by atoms with Crippen LogP contribution in [0.2, 0.25) is 0 Å². The first-order valence-electron chi connectivity index (χ1n) is 4.14. The summed E-state index contributed by atoms with van der Waals surface area (Å²) >= 11 is 0. The molecule has 0 amide bonds. The molecule has 0 radical (unpaired) electrons. The standard InChI is InChI=1S/C9H13NO.ClH/c10-9(5-7-1-2-7)8-3-4-11-6-8;/h3-4,6-7,9H,1-2,5,10H2;1H/t9-;/m1./s1. The third-order valence-electron chi connectivity index (χ3n) is 2.26. The maximum atomic E-state index is 5.92. The molecule has 68 valence electrons. The first-order valence-corrected chi connectivity index (χ1v) is 4.14. The van der Waals surface area contributed by atoms with Gasteiger partial charge in [-0.1, -0.05) is 12.8 Å². The highest BCUT2D eigenvalue weighted by Crippen LogP contribution is 2.36. The largest absolute Gasteiger partial charge is 0.472 e. The number of hydrogen-bond acceptors (Lipinski definition) is 2. The molecule has 2 rings (SSSR count). The van der Waals surface area contributed by atoms with Crippen molar-refractivity contribution in [3.63, 3.8) is 0 Å². The fourth-order valence-corrected chi connectivity index (χ4v) is 1.33. The molecule has 1 aliphatic rings. The average molecular weight is 188 g/mol. The SMILES string of the molecule is Cl.N[C@H](CC1CC1)c1ccoc1. The van der Waals surface area contributed by atoms with Crippen molar-refractivity contribution in [2.45, 2.75) is 25.3 Å². The highest BCUT2D eigenvalue weighted by molar-refractivity contribution is 5.85. The van der Waals surface area contributed by atoms with Gasteiger partial charge in [-0.3, -0.25) is 0 Å². The van der Waals surface area contributed by atoms with Crippen LogP contribution in [0.15, 0.2) is 23.0 Å². The molecule has 1 aromatic heterocycles. The van der Waals surface area contributed by atoms with Crippen LogP contribution in [0, 0.1) is 5.92 Å². The van der Waals surface area contributed by atoms with Crippen molar-refractivity contribution in [1.29, 1.82) is 0 Å². The van der Waals surface area contributed by atoms with E-state index in [4.69, 9.17) is 10.2 Å². The Morgan fingerprint density at radius 1 is 1.58 bits per heavy atom. The summed E-state index contributed by atoms with van der Waals surface area (Å²) in [5.74, 6) is 0.889. The molecule has 0 aliphatic heterocycles. The van der Waals surface area contributed by atoms with Gasteiger partial charge in [0.1, 0.15) is 0 Å². The third-order valence-corrected chi connectivity index (χ3v) is 2.26. The van der Waals surface area contributed by atoms with E-state index in [2.05, 4.69) is 0 Å². The van der Waals surface area contributed by atoms with Crippen LogP contribution in [0.1, 0.15) is 30.9 Å². The normalized spacial score (nSPS) is 18.4. The Labute approximate surface area is 78.5 Å². The zero-order valence-corrected chi connectivity index (χ0v) is 7.72. The molecule has 0 unspecified atom stereocenters.